The Balaban J connectivity index is 2.62. The van der Waals surface area contributed by atoms with Crippen LogP contribution in [0, 0.1) is 0 Å². The van der Waals surface area contributed by atoms with E-state index in [9.17, 15) is 14.7 Å². The second kappa shape index (κ2) is 4.66. The summed E-state index contributed by atoms with van der Waals surface area (Å²) in [5.41, 5.74) is -0.896. The zero-order valence-corrected chi connectivity index (χ0v) is 9.38. The first-order chi connectivity index (χ1) is 8.63. The molecule has 0 fully saturated rings. The second-order valence-electron chi connectivity index (χ2n) is 3.32. The second-order valence-corrected chi connectivity index (χ2v) is 3.32. The number of nitrogens with one attached hydrogen (secondary N) is 1. The molecule has 0 radical (unpaired) electrons. The summed E-state index contributed by atoms with van der Waals surface area (Å²) in [7, 11) is 1.13. The van der Waals surface area contributed by atoms with Crippen molar-refractivity contribution in [1.82, 2.24) is 15.0 Å². The van der Waals surface area contributed by atoms with E-state index >= 15 is 0 Å². The number of rotatable bonds is 2. The lowest BCUT2D eigenvalue weighted by atomic mass is 10.3. The van der Waals surface area contributed by atoms with E-state index in [0.717, 1.165) is 7.11 Å². The van der Waals surface area contributed by atoms with Gasteiger partial charge in [-0.1, -0.05) is 6.07 Å². The van der Waals surface area contributed by atoms with Crippen LogP contribution >= 0.6 is 0 Å². The summed E-state index contributed by atoms with van der Waals surface area (Å²) in [6.07, 6.45) is 1.51. The Morgan fingerprint density at radius 2 is 2.22 bits per heavy atom. The highest BCUT2D eigenvalue weighted by molar-refractivity contribution is 5.90. The number of hydrogen-bond acceptors (Lipinski definition) is 6. The third kappa shape index (κ3) is 2.05. The first-order valence-electron chi connectivity index (χ1n) is 4.96. The van der Waals surface area contributed by atoms with Crippen molar-refractivity contribution in [2.45, 2.75) is 0 Å². The van der Waals surface area contributed by atoms with Crippen molar-refractivity contribution >= 4 is 5.97 Å². The lowest BCUT2D eigenvalue weighted by Crippen LogP contribution is -2.16. The summed E-state index contributed by atoms with van der Waals surface area (Å²) >= 11 is 0. The Hall–Kier alpha value is -2.70. The summed E-state index contributed by atoms with van der Waals surface area (Å²) in [5.74, 6) is -1.59. The summed E-state index contributed by atoms with van der Waals surface area (Å²) in [6, 6.07) is 5.01. The first-order valence-corrected chi connectivity index (χ1v) is 4.96. The molecule has 7 nitrogen and oxygen atoms in total. The lowest BCUT2D eigenvalue weighted by molar-refractivity contribution is 0.0590. The van der Waals surface area contributed by atoms with Crippen LogP contribution in [0.1, 0.15) is 10.5 Å². The Morgan fingerprint density at radius 3 is 2.83 bits per heavy atom. The molecule has 0 saturated carbocycles. The average Bonchev–Trinajstić information content (AvgIpc) is 2.41. The highest BCUT2D eigenvalue weighted by atomic mass is 16.5. The summed E-state index contributed by atoms with van der Waals surface area (Å²) in [4.78, 5) is 33.0. The number of ether oxygens (including phenoxy) is 1. The molecule has 0 aromatic carbocycles. The Morgan fingerprint density at radius 1 is 1.44 bits per heavy atom. The lowest BCUT2D eigenvalue weighted by Gasteiger charge is -2.04. The fourth-order valence-electron chi connectivity index (χ4n) is 1.33. The van der Waals surface area contributed by atoms with Gasteiger partial charge in [-0.15, -0.1) is 0 Å². The quantitative estimate of drug-likeness (QED) is 0.740. The number of aromatic amines is 1. The summed E-state index contributed by atoms with van der Waals surface area (Å²) in [6.45, 7) is 0. The molecule has 2 aromatic rings. The van der Waals surface area contributed by atoms with Gasteiger partial charge in [0.15, 0.2) is 11.5 Å². The van der Waals surface area contributed by atoms with Crippen molar-refractivity contribution in [2.24, 2.45) is 0 Å². The van der Waals surface area contributed by atoms with Crippen LogP contribution in [-0.2, 0) is 4.74 Å². The third-order valence-electron chi connectivity index (χ3n) is 2.18. The number of esters is 1. The van der Waals surface area contributed by atoms with E-state index in [1.807, 2.05) is 0 Å². The number of pyridine rings is 1. The molecule has 0 atom stereocenters. The van der Waals surface area contributed by atoms with Gasteiger partial charge in [-0.3, -0.25) is 9.78 Å². The monoisotopic (exact) mass is 247 g/mol. The molecule has 2 rings (SSSR count). The van der Waals surface area contributed by atoms with E-state index in [-0.39, 0.29) is 5.82 Å². The highest BCUT2D eigenvalue weighted by Crippen LogP contribution is 2.14. The third-order valence-corrected chi connectivity index (χ3v) is 2.18. The molecule has 0 amide bonds. The van der Waals surface area contributed by atoms with Crippen LogP contribution in [0.25, 0.3) is 11.5 Å². The summed E-state index contributed by atoms with van der Waals surface area (Å²) < 4.78 is 4.43. The van der Waals surface area contributed by atoms with Gasteiger partial charge >= 0.3 is 5.97 Å². The molecule has 0 unspecified atom stereocenters. The Kier molecular flexibility index (Phi) is 3.05. The van der Waals surface area contributed by atoms with Gasteiger partial charge in [-0.25, -0.2) is 9.78 Å². The van der Waals surface area contributed by atoms with Gasteiger partial charge in [0.2, 0.25) is 5.75 Å². The van der Waals surface area contributed by atoms with Gasteiger partial charge in [0.25, 0.3) is 5.56 Å². The van der Waals surface area contributed by atoms with Crippen LogP contribution in [0.4, 0.5) is 0 Å². The molecule has 0 spiro atoms. The van der Waals surface area contributed by atoms with E-state index in [1.54, 1.807) is 18.2 Å². The van der Waals surface area contributed by atoms with Crippen molar-refractivity contribution in [2.75, 3.05) is 7.11 Å². The number of carbonyl (C=O) groups excluding carboxylic acids is 1. The summed E-state index contributed by atoms with van der Waals surface area (Å²) in [5, 5.41) is 9.44. The maximum Gasteiger partial charge on any atom is 0.360 e. The molecule has 2 N–H and O–H groups in total. The van der Waals surface area contributed by atoms with E-state index in [1.165, 1.54) is 6.20 Å². The van der Waals surface area contributed by atoms with Crippen LogP contribution in [0.5, 0.6) is 5.75 Å². The molecule has 0 aliphatic heterocycles. The molecule has 0 saturated heterocycles. The Bertz CT molecular complexity index is 636. The minimum atomic E-state index is -0.893. The number of methoxy groups -OCH3 is 1. The van der Waals surface area contributed by atoms with Crippen molar-refractivity contribution < 1.29 is 14.6 Å². The SMILES string of the molecule is COC(=O)c1nc(-c2ccccn2)[nH]c(=O)c1O. The molecular formula is C11H9N3O4. The number of hydrogen-bond donors (Lipinski definition) is 2. The van der Waals surface area contributed by atoms with Crippen molar-refractivity contribution in [3.8, 4) is 17.3 Å². The molecule has 2 heterocycles. The molecule has 7 heteroatoms. The number of aromatic nitrogens is 3. The van der Waals surface area contributed by atoms with Crippen LogP contribution in [0.3, 0.4) is 0 Å². The molecule has 18 heavy (non-hydrogen) atoms. The fourth-order valence-corrected chi connectivity index (χ4v) is 1.33. The van der Waals surface area contributed by atoms with Crippen LogP contribution in [0.15, 0.2) is 29.2 Å². The van der Waals surface area contributed by atoms with E-state index in [4.69, 9.17) is 0 Å². The number of H-pyrrole nitrogens is 1. The smallest absolute Gasteiger partial charge is 0.360 e. The highest BCUT2D eigenvalue weighted by Gasteiger charge is 2.19. The number of carbonyl (C=O) groups is 1. The van der Waals surface area contributed by atoms with E-state index < -0.39 is 23.0 Å². The van der Waals surface area contributed by atoms with Crippen LogP contribution < -0.4 is 5.56 Å². The van der Waals surface area contributed by atoms with Gasteiger partial charge < -0.3 is 14.8 Å². The standard InChI is InChI=1S/C11H9N3O4/c1-18-11(17)7-8(15)10(16)14-9(13-7)6-4-2-3-5-12-6/h2-5,15H,1H3,(H,13,14,16). The molecule has 0 aliphatic carbocycles. The molecule has 0 bridgehead atoms. The van der Waals surface area contributed by atoms with E-state index in [0.29, 0.717) is 5.69 Å². The maximum absolute atomic E-state index is 11.5. The normalized spacial score (nSPS) is 10.1. The predicted molar refractivity (Wildman–Crippen MR) is 61.1 cm³/mol. The molecule has 2 aromatic heterocycles. The van der Waals surface area contributed by atoms with Crippen molar-refractivity contribution in [1.29, 1.82) is 0 Å². The number of nitrogens with zero attached hydrogens (tertiary/aromatic N) is 2. The fraction of sp³-hybridized carbons (Fsp3) is 0.0909. The zero-order valence-electron chi connectivity index (χ0n) is 9.38. The van der Waals surface area contributed by atoms with Crippen LogP contribution in [-0.4, -0.2) is 33.1 Å². The van der Waals surface area contributed by atoms with Crippen molar-refractivity contribution in [3.05, 3.63) is 40.4 Å². The first kappa shape index (κ1) is 11.8. The zero-order chi connectivity index (χ0) is 13.1. The van der Waals surface area contributed by atoms with Crippen molar-refractivity contribution in [3.63, 3.8) is 0 Å². The van der Waals surface area contributed by atoms with Crippen LogP contribution in [0.2, 0.25) is 0 Å². The number of aromatic hydroxyl groups is 1. The maximum atomic E-state index is 11.5. The van der Waals surface area contributed by atoms with Gasteiger partial charge in [-0.05, 0) is 12.1 Å². The minimum absolute atomic E-state index is 0.0822. The predicted octanol–water partition coefficient (Wildman–Crippen LogP) is 0.324. The van der Waals surface area contributed by atoms with E-state index in [2.05, 4.69) is 19.7 Å². The largest absolute Gasteiger partial charge is 0.501 e. The average molecular weight is 247 g/mol. The van der Waals surface area contributed by atoms with Gasteiger partial charge in [0.05, 0.1) is 7.11 Å². The van der Waals surface area contributed by atoms with Gasteiger partial charge in [-0.2, -0.15) is 0 Å². The van der Waals surface area contributed by atoms with Gasteiger partial charge in [0, 0.05) is 6.20 Å². The topological polar surface area (TPSA) is 105 Å². The molecule has 92 valence electrons. The minimum Gasteiger partial charge on any atom is -0.501 e. The van der Waals surface area contributed by atoms with Gasteiger partial charge in [0.1, 0.15) is 5.69 Å². The molecular weight excluding hydrogens is 238 g/mol. The molecule has 0 aliphatic rings. The Labute approximate surface area is 101 Å².